The third-order valence-electron chi connectivity index (χ3n) is 10.5. The molecule has 0 aliphatic carbocycles. The molecule has 3 aromatic heterocycles. The molecule has 8 aromatic carbocycles. The lowest BCUT2D eigenvalue weighted by molar-refractivity contribution is 1.08. The second-order valence-corrected chi connectivity index (χ2v) is 13.5. The highest BCUT2D eigenvalue weighted by Crippen LogP contribution is 2.38. The van der Waals surface area contributed by atoms with E-state index in [1.165, 1.54) is 49.0 Å². The Balaban J connectivity index is 1.15. The molecule has 242 valence electrons. The van der Waals surface area contributed by atoms with Crippen molar-refractivity contribution in [2.45, 2.75) is 0 Å². The molecule has 0 saturated carbocycles. The predicted octanol–water partition coefficient (Wildman–Crippen LogP) is 12.3. The Labute approximate surface area is 299 Å². The highest BCUT2D eigenvalue weighted by molar-refractivity contribution is 6.14. The number of para-hydroxylation sites is 3. The van der Waals surface area contributed by atoms with Crippen LogP contribution in [0, 0.1) is 0 Å². The highest BCUT2D eigenvalue weighted by atomic mass is 15.1. The summed E-state index contributed by atoms with van der Waals surface area (Å²) in [6, 6.07) is 64.9. The topological polar surface area (TPSA) is 35.6 Å². The Morgan fingerprint density at radius 1 is 0.327 bits per heavy atom. The number of rotatable bonds is 4. The molecule has 4 heteroatoms. The molecule has 0 N–H and O–H groups in total. The van der Waals surface area contributed by atoms with Crippen LogP contribution in [-0.4, -0.2) is 19.1 Å². The maximum atomic E-state index is 5.44. The first kappa shape index (κ1) is 28.8. The van der Waals surface area contributed by atoms with Gasteiger partial charge in [-0.05, 0) is 76.5 Å². The smallest absolute Gasteiger partial charge is 0.162 e. The summed E-state index contributed by atoms with van der Waals surface area (Å²) in [7, 11) is 0. The fraction of sp³-hybridized carbons (Fsp3) is 0. The molecule has 0 saturated heterocycles. The first-order valence-corrected chi connectivity index (χ1v) is 17.7. The largest absolute Gasteiger partial charge is 0.309 e. The van der Waals surface area contributed by atoms with E-state index in [-0.39, 0.29) is 0 Å². The summed E-state index contributed by atoms with van der Waals surface area (Å²) >= 11 is 0. The molecule has 3 heterocycles. The minimum atomic E-state index is 0.693. The van der Waals surface area contributed by atoms with Gasteiger partial charge in [0.25, 0.3) is 0 Å². The van der Waals surface area contributed by atoms with Gasteiger partial charge < -0.3 is 4.57 Å². The number of benzene rings is 8. The van der Waals surface area contributed by atoms with Crippen molar-refractivity contribution >= 4 is 65.3 Å². The van der Waals surface area contributed by atoms with E-state index in [2.05, 4.69) is 191 Å². The van der Waals surface area contributed by atoms with Gasteiger partial charge >= 0.3 is 0 Å². The number of fused-ring (bicyclic) bond motifs is 8. The van der Waals surface area contributed by atoms with Crippen LogP contribution >= 0.6 is 0 Å². The molecule has 0 spiro atoms. The van der Waals surface area contributed by atoms with Crippen molar-refractivity contribution in [1.82, 2.24) is 19.1 Å². The van der Waals surface area contributed by atoms with Crippen molar-refractivity contribution in [2.75, 3.05) is 0 Å². The van der Waals surface area contributed by atoms with Crippen LogP contribution in [0.1, 0.15) is 0 Å². The summed E-state index contributed by atoms with van der Waals surface area (Å²) in [6.45, 7) is 0. The minimum Gasteiger partial charge on any atom is -0.309 e. The van der Waals surface area contributed by atoms with E-state index in [4.69, 9.17) is 9.97 Å². The first-order chi connectivity index (χ1) is 25.8. The van der Waals surface area contributed by atoms with Crippen molar-refractivity contribution in [2.24, 2.45) is 0 Å². The number of hydrogen-bond acceptors (Lipinski definition) is 2. The molecule has 0 bridgehead atoms. The maximum Gasteiger partial charge on any atom is 0.162 e. The first-order valence-electron chi connectivity index (χ1n) is 17.7. The minimum absolute atomic E-state index is 0.693. The standard InChI is InChI=1S/C48H30N4/c1-2-12-31(13-3-1)32-22-25-36(26-23-32)51-43-20-10-7-16-37(43)39-27-24-35(30-45(39)51)47-49-42-19-9-6-18-40(42)48(50-47)52-44-21-11-8-17-38(44)41-28-33-14-4-5-15-34(33)29-46(41)52/h1-30H. The van der Waals surface area contributed by atoms with Crippen molar-refractivity contribution in [3.05, 3.63) is 182 Å². The summed E-state index contributed by atoms with van der Waals surface area (Å²) in [6.07, 6.45) is 0. The average molecular weight is 663 g/mol. The Kier molecular flexibility index (Phi) is 6.22. The van der Waals surface area contributed by atoms with Gasteiger partial charge in [-0.15, -0.1) is 0 Å². The zero-order chi connectivity index (χ0) is 34.2. The Hall–Kier alpha value is -7.04. The molecule has 0 unspecified atom stereocenters. The van der Waals surface area contributed by atoms with Gasteiger partial charge in [-0.3, -0.25) is 4.57 Å². The Morgan fingerprint density at radius 2 is 0.885 bits per heavy atom. The van der Waals surface area contributed by atoms with Crippen molar-refractivity contribution < 1.29 is 0 Å². The van der Waals surface area contributed by atoms with Gasteiger partial charge in [0.1, 0.15) is 5.82 Å². The zero-order valence-corrected chi connectivity index (χ0v) is 28.1. The zero-order valence-electron chi connectivity index (χ0n) is 28.1. The van der Waals surface area contributed by atoms with E-state index in [1.807, 2.05) is 0 Å². The van der Waals surface area contributed by atoms with Crippen LogP contribution in [0.25, 0.3) is 99.3 Å². The Bertz CT molecular complexity index is 3170. The molecule has 0 aliphatic rings. The van der Waals surface area contributed by atoms with Gasteiger partial charge in [0.2, 0.25) is 0 Å². The second kappa shape index (κ2) is 11.2. The maximum absolute atomic E-state index is 5.44. The van der Waals surface area contributed by atoms with Gasteiger partial charge in [-0.25, -0.2) is 9.97 Å². The molecule has 0 fully saturated rings. The van der Waals surface area contributed by atoms with Crippen LogP contribution in [0.15, 0.2) is 182 Å². The van der Waals surface area contributed by atoms with Crippen LogP contribution in [-0.2, 0) is 0 Å². The summed E-state index contributed by atoms with van der Waals surface area (Å²) in [4.78, 5) is 10.6. The van der Waals surface area contributed by atoms with Gasteiger partial charge in [-0.1, -0.05) is 127 Å². The third-order valence-corrected chi connectivity index (χ3v) is 10.5. The molecule has 0 aliphatic heterocycles. The fourth-order valence-electron chi connectivity index (χ4n) is 8.06. The lowest BCUT2D eigenvalue weighted by Gasteiger charge is -2.13. The van der Waals surface area contributed by atoms with E-state index >= 15 is 0 Å². The average Bonchev–Trinajstić information content (AvgIpc) is 3.72. The molecule has 4 nitrogen and oxygen atoms in total. The monoisotopic (exact) mass is 662 g/mol. The van der Waals surface area contributed by atoms with Crippen molar-refractivity contribution in [1.29, 1.82) is 0 Å². The number of aromatic nitrogens is 4. The lowest BCUT2D eigenvalue weighted by Crippen LogP contribution is -2.03. The van der Waals surface area contributed by atoms with Crippen molar-refractivity contribution in [3.8, 4) is 34.0 Å². The number of nitrogens with zero attached hydrogens (tertiary/aromatic N) is 4. The quantitative estimate of drug-likeness (QED) is 0.188. The summed E-state index contributed by atoms with van der Waals surface area (Å²) in [5.74, 6) is 1.57. The van der Waals surface area contributed by atoms with E-state index < -0.39 is 0 Å². The van der Waals surface area contributed by atoms with Gasteiger partial charge in [0, 0.05) is 38.2 Å². The molecule has 0 amide bonds. The van der Waals surface area contributed by atoms with Gasteiger partial charge in [-0.2, -0.15) is 0 Å². The third kappa shape index (κ3) is 4.34. The van der Waals surface area contributed by atoms with Crippen LogP contribution < -0.4 is 0 Å². The van der Waals surface area contributed by atoms with E-state index in [1.54, 1.807) is 0 Å². The molecule has 11 aromatic rings. The SMILES string of the molecule is c1ccc(-c2ccc(-n3c4ccccc4c4ccc(-c5nc(-n6c7ccccc7c7cc8ccccc8cc76)c6ccccc6n5)cc43)cc2)cc1. The molecule has 52 heavy (non-hydrogen) atoms. The molecular formula is C48H30N4. The Morgan fingerprint density at radius 3 is 1.67 bits per heavy atom. The van der Waals surface area contributed by atoms with E-state index in [0.717, 1.165) is 44.5 Å². The lowest BCUT2D eigenvalue weighted by atomic mass is 10.1. The normalized spacial score (nSPS) is 11.8. The van der Waals surface area contributed by atoms with E-state index in [9.17, 15) is 0 Å². The molecular weight excluding hydrogens is 633 g/mol. The fourth-order valence-corrected chi connectivity index (χ4v) is 8.06. The summed E-state index contributed by atoms with van der Waals surface area (Å²) in [5.41, 5.74) is 9.93. The highest BCUT2D eigenvalue weighted by Gasteiger charge is 2.19. The second-order valence-electron chi connectivity index (χ2n) is 13.5. The van der Waals surface area contributed by atoms with Crippen LogP contribution in [0.2, 0.25) is 0 Å². The molecule has 0 radical (unpaired) electrons. The van der Waals surface area contributed by atoms with Crippen molar-refractivity contribution in [3.63, 3.8) is 0 Å². The van der Waals surface area contributed by atoms with Gasteiger partial charge in [0.15, 0.2) is 5.82 Å². The van der Waals surface area contributed by atoms with Gasteiger partial charge in [0.05, 0.1) is 27.6 Å². The van der Waals surface area contributed by atoms with Crippen LogP contribution in [0.4, 0.5) is 0 Å². The van der Waals surface area contributed by atoms with E-state index in [0.29, 0.717) is 5.82 Å². The molecule has 11 rings (SSSR count). The van der Waals surface area contributed by atoms with Crippen LogP contribution in [0.5, 0.6) is 0 Å². The summed E-state index contributed by atoms with van der Waals surface area (Å²) in [5, 5.41) is 8.27. The summed E-state index contributed by atoms with van der Waals surface area (Å²) < 4.78 is 4.69. The number of hydrogen-bond donors (Lipinski definition) is 0. The predicted molar refractivity (Wildman–Crippen MR) is 217 cm³/mol. The van der Waals surface area contributed by atoms with Crippen LogP contribution in [0.3, 0.4) is 0 Å². The molecule has 0 atom stereocenters.